The van der Waals surface area contributed by atoms with Crippen LogP contribution < -0.4 is 10.1 Å². The summed E-state index contributed by atoms with van der Waals surface area (Å²) in [6.07, 6.45) is 6.84. The Morgan fingerprint density at radius 3 is 2.79 bits per heavy atom. The molecule has 3 N–H and O–H groups in total. The van der Waals surface area contributed by atoms with Crippen molar-refractivity contribution in [3.8, 4) is 11.5 Å². The number of amides is 1. The van der Waals surface area contributed by atoms with Gasteiger partial charge in [-0.25, -0.2) is 4.79 Å². The van der Waals surface area contributed by atoms with Crippen LogP contribution in [0.15, 0.2) is 24.3 Å². The smallest absolute Gasteiger partial charge is 0.330 e. The highest BCUT2D eigenvalue weighted by molar-refractivity contribution is 5.94. The number of benzene rings is 1. The SMILES string of the molecule is COC(=O)/C=C/C(=O)N[C@@H]1CC[C@@]2(O)[C@H]3Cc4ccc(O)c5c4[C@@]2(CCN3CC2CC2)C1O5.Cl. The highest BCUT2D eigenvalue weighted by Crippen LogP contribution is 2.65. The van der Waals surface area contributed by atoms with E-state index in [1.165, 1.54) is 20.0 Å². The van der Waals surface area contributed by atoms with Crippen LogP contribution in [0.4, 0.5) is 0 Å². The molecule has 2 saturated carbocycles. The third-order valence-electron chi connectivity index (χ3n) is 8.66. The van der Waals surface area contributed by atoms with Crippen LogP contribution in [-0.2, 0) is 26.2 Å². The van der Waals surface area contributed by atoms with Gasteiger partial charge in [0.25, 0.3) is 0 Å². The predicted molar refractivity (Wildman–Crippen MR) is 125 cm³/mol. The van der Waals surface area contributed by atoms with Crippen molar-refractivity contribution in [2.45, 2.75) is 67.7 Å². The average Bonchev–Trinajstić information content (AvgIpc) is 3.54. The van der Waals surface area contributed by atoms with Crippen molar-refractivity contribution >= 4 is 24.3 Å². The van der Waals surface area contributed by atoms with Crippen LogP contribution in [0.2, 0.25) is 0 Å². The number of aromatic hydroxyl groups is 1. The van der Waals surface area contributed by atoms with E-state index >= 15 is 0 Å². The summed E-state index contributed by atoms with van der Waals surface area (Å²) in [5, 5.41) is 26.0. The van der Waals surface area contributed by atoms with E-state index in [1.54, 1.807) is 6.07 Å². The van der Waals surface area contributed by atoms with Crippen molar-refractivity contribution in [3.63, 3.8) is 0 Å². The highest BCUT2D eigenvalue weighted by atomic mass is 35.5. The predicted octanol–water partition coefficient (Wildman–Crippen LogP) is 1.59. The molecule has 1 spiro atoms. The molecule has 2 bridgehead atoms. The van der Waals surface area contributed by atoms with Gasteiger partial charge in [0.05, 0.1) is 24.2 Å². The lowest BCUT2D eigenvalue weighted by Crippen LogP contribution is -2.78. The number of ether oxygens (including phenoxy) is 2. The molecular formula is C25H31ClN2O6. The zero-order chi connectivity index (χ0) is 23.0. The van der Waals surface area contributed by atoms with Gasteiger partial charge in [-0.15, -0.1) is 12.4 Å². The van der Waals surface area contributed by atoms with Crippen molar-refractivity contribution in [1.29, 1.82) is 0 Å². The molecule has 0 radical (unpaired) electrons. The van der Waals surface area contributed by atoms with Gasteiger partial charge in [-0.3, -0.25) is 9.69 Å². The van der Waals surface area contributed by atoms with E-state index in [1.807, 2.05) is 6.07 Å². The first-order chi connectivity index (χ1) is 15.9. The Morgan fingerprint density at radius 2 is 2.06 bits per heavy atom. The van der Waals surface area contributed by atoms with Gasteiger partial charge in [0.2, 0.25) is 5.91 Å². The monoisotopic (exact) mass is 490 g/mol. The number of esters is 1. The maximum atomic E-state index is 12.6. The maximum Gasteiger partial charge on any atom is 0.330 e. The van der Waals surface area contributed by atoms with Crippen molar-refractivity contribution in [1.82, 2.24) is 10.2 Å². The van der Waals surface area contributed by atoms with Crippen LogP contribution in [0.1, 0.15) is 43.2 Å². The van der Waals surface area contributed by atoms with E-state index in [0.29, 0.717) is 25.0 Å². The molecule has 1 saturated heterocycles. The van der Waals surface area contributed by atoms with Gasteiger partial charge < -0.3 is 25.0 Å². The first-order valence-electron chi connectivity index (χ1n) is 11.9. The number of likely N-dealkylation sites (tertiary alicyclic amines) is 1. The van der Waals surface area contributed by atoms with Crippen LogP contribution in [0.5, 0.6) is 11.5 Å². The number of carbonyl (C=O) groups is 2. The number of phenolic OH excluding ortho intramolecular Hbond substituents is 1. The fourth-order valence-electron chi connectivity index (χ4n) is 7.07. The minimum Gasteiger partial charge on any atom is -0.504 e. The average molecular weight is 491 g/mol. The van der Waals surface area contributed by atoms with Crippen molar-refractivity contribution < 1.29 is 29.3 Å². The first-order valence-corrected chi connectivity index (χ1v) is 11.9. The van der Waals surface area contributed by atoms with Crippen molar-refractivity contribution in [3.05, 3.63) is 35.4 Å². The number of hydrogen-bond donors (Lipinski definition) is 3. The third-order valence-corrected chi connectivity index (χ3v) is 8.66. The topological polar surface area (TPSA) is 108 Å². The Kier molecular flexibility index (Phi) is 5.61. The molecule has 34 heavy (non-hydrogen) atoms. The second-order valence-corrected chi connectivity index (χ2v) is 10.3. The molecule has 6 rings (SSSR count). The summed E-state index contributed by atoms with van der Waals surface area (Å²) in [4.78, 5) is 26.4. The number of nitrogens with zero attached hydrogens (tertiary/aromatic N) is 1. The number of aliphatic hydroxyl groups is 1. The normalized spacial score (nSPS) is 35.2. The molecule has 1 aromatic rings. The van der Waals surface area contributed by atoms with Crippen LogP contribution in [0.25, 0.3) is 0 Å². The largest absolute Gasteiger partial charge is 0.504 e. The lowest BCUT2D eigenvalue weighted by Gasteiger charge is -2.64. The number of halogens is 1. The molecule has 3 aliphatic carbocycles. The van der Waals surface area contributed by atoms with E-state index in [4.69, 9.17) is 4.74 Å². The lowest BCUT2D eigenvalue weighted by molar-refractivity contribution is -0.192. The number of phenols is 1. The zero-order valence-electron chi connectivity index (χ0n) is 19.2. The van der Waals surface area contributed by atoms with Crippen LogP contribution in [0.3, 0.4) is 0 Å². The molecule has 2 aliphatic heterocycles. The second-order valence-electron chi connectivity index (χ2n) is 10.3. The molecule has 1 amide bonds. The summed E-state index contributed by atoms with van der Waals surface area (Å²) in [6.45, 7) is 1.88. The number of nitrogens with one attached hydrogen (secondary N) is 1. The third kappa shape index (κ3) is 3.18. The molecule has 5 atom stereocenters. The number of carbonyl (C=O) groups excluding carboxylic acids is 2. The van der Waals surface area contributed by atoms with Gasteiger partial charge in [0, 0.05) is 30.3 Å². The summed E-state index contributed by atoms with van der Waals surface area (Å²) in [6, 6.07) is 3.29. The quantitative estimate of drug-likeness (QED) is 0.425. The maximum absolute atomic E-state index is 12.6. The first kappa shape index (κ1) is 23.5. The standard InChI is InChI=1S/C25H30N2O6.ClH/c1-32-20(30)7-6-19(29)26-16-8-9-25(31)18-12-15-4-5-17(28)22-21(15)24(25,23(16)33-22)10-11-27(18)13-14-2-3-14;/h4-7,14,16,18,23,28,31H,2-3,8-13H2,1H3,(H,26,29);1H/b7-6+;/t16-,18-,23?,24+,25-;/m1./s1. The highest BCUT2D eigenvalue weighted by Gasteiger charge is 2.73. The Balaban J connectivity index is 0.00000241. The van der Waals surface area contributed by atoms with Gasteiger partial charge in [-0.05, 0) is 62.6 Å². The minimum atomic E-state index is -0.986. The molecule has 1 aromatic carbocycles. The number of piperidine rings is 1. The molecule has 2 heterocycles. The Hall–Kier alpha value is -2.29. The molecule has 3 fully saturated rings. The van der Waals surface area contributed by atoms with E-state index in [9.17, 15) is 19.8 Å². The van der Waals surface area contributed by atoms with E-state index in [0.717, 1.165) is 48.7 Å². The van der Waals surface area contributed by atoms with Gasteiger partial charge in [-0.2, -0.15) is 0 Å². The van der Waals surface area contributed by atoms with E-state index < -0.39 is 29.0 Å². The molecular weight excluding hydrogens is 460 g/mol. The summed E-state index contributed by atoms with van der Waals surface area (Å²) < 4.78 is 11.0. The van der Waals surface area contributed by atoms with Crippen LogP contribution >= 0.6 is 12.4 Å². The number of methoxy groups -OCH3 is 1. The zero-order valence-corrected chi connectivity index (χ0v) is 20.0. The lowest BCUT2D eigenvalue weighted by atomic mass is 9.48. The van der Waals surface area contributed by atoms with Crippen LogP contribution in [-0.4, -0.2) is 71.0 Å². The molecule has 5 aliphatic rings. The van der Waals surface area contributed by atoms with Gasteiger partial charge >= 0.3 is 5.97 Å². The Labute approximate surface area is 204 Å². The Morgan fingerprint density at radius 1 is 1.26 bits per heavy atom. The summed E-state index contributed by atoms with van der Waals surface area (Å²) in [5.74, 6) is 0.256. The summed E-state index contributed by atoms with van der Waals surface area (Å²) >= 11 is 0. The summed E-state index contributed by atoms with van der Waals surface area (Å²) in [7, 11) is 1.26. The number of rotatable bonds is 5. The van der Waals surface area contributed by atoms with E-state index in [-0.39, 0.29) is 30.2 Å². The van der Waals surface area contributed by atoms with E-state index in [2.05, 4.69) is 15.0 Å². The van der Waals surface area contributed by atoms with Gasteiger partial charge in [0.15, 0.2) is 11.5 Å². The molecule has 9 heteroatoms. The van der Waals surface area contributed by atoms with Crippen molar-refractivity contribution in [2.24, 2.45) is 5.92 Å². The van der Waals surface area contributed by atoms with Gasteiger partial charge in [-0.1, -0.05) is 6.07 Å². The van der Waals surface area contributed by atoms with Gasteiger partial charge in [0.1, 0.15) is 6.10 Å². The summed E-state index contributed by atoms with van der Waals surface area (Å²) in [5.41, 5.74) is 0.390. The molecule has 0 aromatic heterocycles. The molecule has 8 nitrogen and oxygen atoms in total. The Bertz CT molecular complexity index is 1060. The number of hydrogen-bond acceptors (Lipinski definition) is 7. The molecule has 184 valence electrons. The fraction of sp³-hybridized carbons (Fsp3) is 0.600. The molecule has 1 unspecified atom stereocenters. The fourth-order valence-corrected chi connectivity index (χ4v) is 7.07. The second kappa shape index (κ2) is 8.14. The minimum absolute atomic E-state index is 0. The van der Waals surface area contributed by atoms with Crippen LogP contribution in [0, 0.1) is 5.92 Å². The van der Waals surface area contributed by atoms with Crippen molar-refractivity contribution in [2.75, 3.05) is 20.2 Å².